The standard InChI is InChI=1S/C14H18N4O2S/c1-11-8-13(12-6-4-3-5-7-12)9-18(11)21(19,20)14-16-15-10-17(14)2/h3-7,10-11,13H,8-9H2,1-2H3. The van der Waals surface area contributed by atoms with E-state index in [1.807, 2.05) is 25.1 Å². The van der Waals surface area contributed by atoms with E-state index >= 15 is 0 Å². The van der Waals surface area contributed by atoms with Gasteiger partial charge in [0, 0.05) is 19.6 Å². The highest BCUT2D eigenvalue weighted by Gasteiger charge is 2.40. The van der Waals surface area contributed by atoms with Crippen LogP contribution in [0, 0.1) is 0 Å². The number of sulfonamides is 1. The van der Waals surface area contributed by atoms with E-state index < -0.39 is 10.0 Å². The number of aryl methyl sites for hydroxylation is 1. The van der Waals surface area contributed by atoms with Crippen LogP contribution < -0.4 is 0 Å². The molecule has 3 rings (SSSR count). The lowest BCUT2D eigenvalue weighted by Gasteiger charge is -2.19. The first-order valence-corrected chi connectivity index (χ1v) is 8.35. The monoisotopic (exact) mass is 306 g/mol. The van der Waals surface area contributed by atoms with Crippen LogP contribution >= 0.6 is 0 Å². The summed E-state index contributed by atoms with van der Waals surface area (Å²) in [6.07, 6.45) is 2.23. The summed E-state index contributed by atoms with van der Waals surface area (Å²) in [5.74, 6) is 0.226. The molecule has 6 nitrogen and oxygen atoms in total. The topological polar surface area (TPSA) is 68.1 Å². The zero-order valence-corrected chi connectivity index (χ0v) is 12.9. The van der Waals surface area contributed by atoms with Crippen molar-refractivity contribution in [2.24, 2.45) is 7.05 Å². The Morgan fingerprint density at radius 2 is 1.95 bits per heavy atom. The molecule has 0 aliphatic carbocycles. The van der Waals surface area contributed by atoms with Crippen molar-refractivity contribution in [2.75, 3.05) is 6.54 Å². The van der Waals surface area contributed by atoms with Gasteiger partial charge < -0.3 is 4.57 Å². The molecule has 0 radical (unpaired) electrons. The Morgan fingerprint density at radius 1 is 1.24 bits per heavy atom. The van der Waals surface area contributed by atoms with Crippen LogP contribution in [0.15, 0.2) is 41.8 Å². The van der Waals surface area contributed by atoms with Crippen LogP contribution in [-0.2, 0) is 17.1 Å². The Labute approximate surface area is 124 Å². The number of aromatic nitrogens is 3. The number of rotatable bonds is 3. The van der Waals surface area contributed by atoms with Crippen LogP contribution in [0.25, 0.3) is 0 Å². The third-order valence-electron chi connectivity index (χ3n) is 4.00. The summed E-state index contributed by atoms with van der Waals surface area (Å²) in [6.45, 7) is 2.43. The van der Waals surface area contributed by atoms with E-state index in [0.29, 0.717) is 6.54 Å². The van der Waals surface area contributed by atoms with Crippen LogP contribution in [0.3, 0.4) is 0 Å². The van der Waals surface area contributed by atoms with Gasteiger partial charge in [-0.3, -0.25) is 0 Å². The Kier molecular flexibility index (Phi) is 3.54. The summed E-state index contributed by atoms with van der Waals surface area (Å²) < 4.78 is 28.4. The molecule has 2 aromatic rings. The van der Waals surface area contributed by atoms with Crippen molar-refractivity contribution < 1.29 is 8.42 Å². The quantitative estimate of drug-likeness (QED) is 0.859. The number of benzene rings is 1. The average Bonchev–Trinajstić information content (AvgIpc) is 3.06. The minimum atomic E-state index is -3.59. The SMILES string of the molecule is CC1CC(c2ccccc2)CN1S(=O)(=O)c1nncn1C. The minimum Gasteiger partial charge on any atom is -0.306 e. The fraction of sp³-hybridized carbons (Fsp3) is 0.429. The van der Waals surface area contributed by atoms with Gasteiger partial charge in [-0.15, -0.1) is 10.2 Å². The molecular formula is C14H18N4O2S. The van der Waals surface area contributed by atoms with E-state index in [4.69, 9.17) is 0 Å². The van der Waals surface area contributed by atoms with Crippen LogP contribution in [-0.4, -0.2) is 40.1 Å². The Hall–Kier alpha value is -1.73. The summed E-state index contributed by atoms with van der Waals surface area (Å²) in [4.78, 5) is 0. The molecule has 0 amide bonds. The van der Waals surface area contributed by atoms with Gasteiger partial charge in [0.25, 0.3) is 15.2 Å². The predicted molar refractivity (Wildman–Crippen MR) is 78.2 cm³/mol. The minimum absolute atomic E-state index is 0.00283. The highest BCUT2D eigenvalue weighted by atomic mass is 32.2. The largest absolute Gasteiger partial charge is 0.306 e. The smallest absolute Gasteiger partial charge is 0.279 e. The van der Waals surface area contributed by atoms with Crippen LogP contribution in [0.4, 0.5) is 0 Å². The first kappa shape index (κ1) is 14.2. The maximum atomic E-state index is 12.7. The van der Waals surface area contributed by atoms with E-state index in [0.717, 1.165) is 6.42 Å². The molecule has 2 heterocycles. The van der Waals surface area contributed by atoms with Crippen molar-refractivity contribution in [3.63, 3.8) is 0 Å². The van der Waals surface area contributed by atoms with Crippen LogP contribution in [0.1, 0.15) is 24.8 Å². The lowest BCUT2D eigenvalue weighted by molar-refractivity contribution is 0.400. The summed E-state index contributed by atoms with van der Waals surface area (Å²) in [6, 6.07) is 10.00. The van der Waals surface area contributed by atoms with Gasteiger partial charge in [0.15, 0.2) is 0 Å². The Bertz CT molecular complexity index is 726. The molecule has 1 saturated heterocycles. The number of hydrogen-bond donors (Lipinski definition) is 0. The maximum Gasteiger partial charge on any atom is 0.279 e. The highest BCUT2D eigenvalue weighted by molar-refractivity contribution is 7.89. The number of nitrogens with zero attached hydrogens (tertiary/aromatic N) is 4. The molecule has 0 saturated carbocycles. The van der Waals surface area contributed by atoms with E-state index in [-0.39, 0.29) is 17.1 Å². The molecule has 0 spiro atoms. The fourth-order valence-corrected chi connectivity index (χ4v) is 4.62. The molecule has 1 aromatic carbocycles. The highest BCUT2D eigenvalue weighted by Crippen LogP contribution is 2.34. The van der Waals surface area contributed by atoms with Gasteiger partial charge in [-0.2, -0.15) is 4.31 Å². The van der Waals surface area contributed by atoms with Crippen LogP contribution in [0.2, 0.25) is 0 Å². The Balaban J connectivity index is 1.89. The van der Waals surface area contributed by atoms with Crippen molar-refractivity contribution in [3.8, 4) is 0 Å². The summed E-state index contributed by atoms with van der Waals surface area (Å²) in [7, 11) is -1.95. The lowest BCUT2D eigenvalue weighted by Crippen LogP contribution is -2.35. The second-order valence-corrected chi connectivity index (χ2v) is 7.28. The number of hydrogen-bond acceptors (Lipinski definition) is 4. The van der Waals surface area contributed by atoms with Crippen molar-refractivity contribution in [1.29, 1.82) is 0 Å². The first-order valence-electron chi connectivity index (χ1n) is 6.91. The molecule has 1 aliphatic rings. The van der Waals surface area contributed by atoms with E-state index in [9.17, 15) is 8.42 Å². The molecule has 1 aromatic heterocycles. The van der Waals surface area contributed by atoms with Crippen molar-refractivity contribution >= 4 is 10.0 Å². The fourth-order valence-electron chi connectivity index (χ4n) is 2.91. The molecule has 2 unspecified atom stereocenters. The van der Waals surface area contributed by atoms with E-state index in [2.05, 4.69) is 22.3 Å². The third-order valence-corrected chi connectivity index (χ3v) is 5.96. The van der Waals surface area contributed by atoms with Gasteiger partial charge >= 0.3 is 0 Å². The second kappa shape index (κ2) is 5.23. The average molecular weight is 306 g/mol. The molecule has 1 aliphatic heterocycles. The van der Waals surface area contributed by atoms with Gasteiger partial charge in [-0.05, 0) is 24.8 Å². The zero-order valence-electron chi connectivity index (χ0n) is 12.0. The van der Waals surface area contributed by atoms with Gasteiger partial charge in [0.2, 0.25) is 0 Å². The predicted octanol–water partition coefficient (Wildman–Crippen LogP) is 1.38. The maximum absolute atomic E-state index is 12.7. The molecule has 7 heteroatoms. The van der Waals surface area contributed by atoms with Gasteiger partial charge in [-0.1, -0.05) is 30.3 Å². The van der Waals surface area contributed by atoms with E-state index in [1.54, 1.807) is 7.05 Å². The van der Waals surface area contributed by atoms with Crippen molar-refractivity contribution in [2.45, 2.75) is 30.5 Å². The van der Waals surface area contributed by atoms with E-state index in [1.165, 1.54) is 20.8 Å². The normalized spacial score (nSPS) is 23.5. The zero-order chi connectivity index (χ0) is 15.0. The van der Waals surface area contributed by atoms with Crippen molar-refractivity contribution in [3.05, 3.63) is 42.2 Å². The van der Waals surface area contributed by atoms with Gasteiger partial charge in [0.05, 0.1) is 0 Å². The molecule has 1 fully saturated rings. The lowest BCUT2D eigenvalue weighted by atomic mass is 9.97. The summed E-state index contributed by atoms with van der Waals surface area (Å²) >= 11 is 0. The summed E-state index contributed by atoms with van der Waals surface area (Å²) in [5, 5.41) is 7.42. The summed E-state index contributed by atoms with van der Waals surface area (Å²) in [5.41, 5.74) is 1.18. The molecule has 0 N–H and O–H groups in total. The third kappa shape index (κ3) is 2.47. The van der Waals surface area contributed by atoms with Gasteiger partial charge in [-0.25, -0.2) is 8.42 Å². The van der Waals surface area contributed by atoms with Crippen molar-refractivity contribution in [1.82, 2.24) is 19.1 Å². The molecular weight excluding hydrogens is 288 g/mol. The van der Waals surface area contributed by atoms with Gasteiger partial charge in [0.1, 0.15) is 6.33 Å². The Morgan fingerprint density at radius 3 is 2.57 bits per heavy atom. The molecule has 2 atom stereocenters. The first-order chi connectivity index (χ1) is 10.00. The van der Waals surface area contributed by atoms with Crippen LogP contribution in [0.5, 0.6) is 0 Å². The second-order valence-electron chi connectivity index (χ2n) is 5.49. The molecule has 112 valence electrons. The molecule has 0 bridgehead atoms. The molecule has 21 heavy (non-hydrogen) atoms.